The summed E-state index contributed by atoms with van der Waals surface area (Å²) in [6, 6.07) is 11.2. The summed E-state index contributed by atoms with van der Waals surface area (Å²) in [5.74, 6) is 0.247. The summed E-state index contributed by atoms with van der Waals surface area (Å²) in [7, 11) is 0. The highest BCUT2D eigenvalue weighted by Crippen LogP contribution is 2.29. The average molecular weight is 270 g/mol. The predicted octanol–water partition coefficient (Wildman–Crippen LogP) is 2.63. The Balaban J connectivity index is 1.80. The molecule has 4 nitrogen and oxygen atoms in total. The number of hydrogen-bond donors (Lipinski definition) is 3. The van der Waals surface area contributed by atoms with Gasteiger partial charge in [-0.3, -0.25) is 4.79 Å². The van der Waals surface area contributed by atoms with E-state index in [2.05, 4.69) is 10.6 Å². The molecule has 1 aliphatic rings. The van der Waals surface area contributed by atoms with Crippen molar-refractivity contribution in [2.75, 3.05) is 11.9 Å². The Hall–Kier alpha value is -2.07. The number of fused-ring (bicyclic) bond motifs is 1. The van der Waals surface area contributed by atoms with Crippen LogP contribution in [0, 0.1) is 0 Å². The maximum atomic E-state index is 12.1. The van der Waals surface area contributed by atoms with Gasteiger partial charge in [0, 0.05) is 28.9 Å². The highest BCUT2D eigenvalue weighted by molar-refractivity contribution is 6.04. The van der Waals surface area contributed by atoms with Crippen molar-refractivity contribution in [3.63, 3.8) is 0 Å². The third-order valence-electron chi connectivity index (χ3n) is 3.77. The summed E-state index contributed by atoms with van der Waals surface area (Å²) < 4.78 is 0. The molecule has 3 N–H and O–H groups in total. The molecule has 20 heavy (non-hydrogen) atoms. The molecule has 1 amide bonds. The van der Waals surface area contributed by atoms with Crippen molar-refractivity contribution >= 4 is 22.4 Å². The monoisotopic (exact) mass is 270 g/mol. The first-order valence-corrected chi connectivity index (χ1v) is 6.98. The van der Waals surface area contributed by atoms with E-state index in [-0.39, 0.29) is 11.7 Å². The minimum Gasteiger partial charge on any atom is -0.507 e. The van der Waals surface area contributed by atoms with Gasteiger partial charge in [-0.25, -0.2) is 0 Å². The van der Waals surface area contributed by atoms with Crippen LogP contribution < -0.4 is 10.6 Å². The molecule has 0 saturated carbocycles. The van der Waals surface area contributed by atoms with Gasteiger partial charge in [0.15, 0.2) is 0 Å². The Morgan fingerprint density at radius 3 is 2.85 bits per heavy atom. The van der Waals surface area contributed by atoms with Crippen LogP contribution in [0.5, 0.6) is 5.75 Å². The molecular weight excluding hydrogens is 252 g/mol. The van der Waals surface area contributed by atoms with Crippen LogP contribution in [-0.4, -0.2) is 23.6 Å². The summed E-state index contributed by atoms with van der Waals surface area (Å²) in [6.07, 6.45) is 2.69. The van der Waals surface area contributed by atoms with Gasteiger partial charge in [0.05, 0.1) is 0 Å². The maximum Gasteiger partial charge on any atom is 0.225 e. The van der Waals surface area contributed by atoms with Crippen molar-refractivity contribution in [1.29, 1.82) is 0 Å². The number of rotatable bonds is 3. The van der Waals surface area contributed by atoms with Crippen LogP contribution in [-0.2, 0) is 4.79 Å². The standard InChI is InChI=1S/C16H18N2O2/c19-15-8-2-5-12-13(15)6-1-7-14(12)18-16(20)10-11-4-3-9-17-11/h1-2,5-8,11,17,19H,3-4,9-10H2,(H,18,20). The summed E-state index contributed by atoms with van der Waals surface area (Å²) >= 11 is 0. The fraction of sp³-hybridized carbons (Fsp3) is 0.312. The SMILES string of the molecule is O=C(CC1CCCN1)Nc1cccc2c(O)cccc12. The summed E-state index contributed by atoms with van der Waals surface area (Å²) in [6.45, 7) is 1.00. The number of carbonyl (C=O) groups is 1. The fourth-order valence-corrected chi connectivity index (χ4v) is 2.76. The minimum atomic E-state index is 0.0141. The van der Waals surface area contributed by atoms with E-state index in [1.165, 1.54) is 0 Å². The maximum absolute atomic E-state index is 12.1. The third kappa shape index (κ3) is 2.60. The molecule has 2 aromatic carbocycles. The lowest BCUT2D eigenvalue weighted by molar-refractivity contribution is -0.116. The van der Waals surface area contributed by atoms with Crippen molar-refractivity contribution in [3.05, 3.63) is 36.4 Å². The van der Waals surface area contributed by atoms with Gasteiger partial charge in [-0.1, -0.05) is 24.3 Å². The molecule has 1 fully saturated rings. The zero-order valence-electron chi connectivity index (χ0n) is 11.2. The molecule has 0 radical (unpaired) electrons. The zero-order chi connectivity index (χ0) is 13.9. The second-order valence-electron chi connectivity index (χ2n) is 5.22. The Labute approximate surface area is 117 Å². The van der Waals surface area contributed by atoms with Crippen LogP contribution in [0.25, 0.3) is 10.8 Å². The van der Waals surface area contributed by atoms with Crippen LogP contribution in [0.1, 0.15) is 19.3 Å². The number of benzene rings is 2. The van der Waals surface area contributed by atoms with E-state index >= 15 is 0 Å². The smallest absolute Gasteiger partial charge is 0.225 e. The van der Waals surface area contributed by atoms with Crippen molar-refractivity contribution in [3.8, 4) is 5.75 Å². The van der Waals surface area contributed by atoms with Gasteiger partial charge in [0.1, 0.15) is 5.75 Å². The second-order valence-corrected chi connectivity index (χ2v) is 5.22. The van der Waals surface area contributed by atoms with E-state index in [1.54, 1.807) is 12.1 Å². The predicted molar refractivity (Wildman–Crippen MR) is 79.9 cm³/mol. The molecule has 3 rings (SSSR count). The lowest BCUT2D eigenvalue weighted by Crippen LogP contribution is -2.27. The Kier molecular flexibility index (Phi) is 3.56. The van der Waals surface area contributed by atoms with E-state index in [0.717, 1.165) is 35.8 Å². The Morgan fingerprint density at radius 1 is 1.25 bits per heavy atom. The van der Waals surface area contributed by atoms with Crippen molar-refractivity contribution in [1.82, 2.24) is 5.32 Å². The average Bonchev–Trinajstić information content (AvgIpc) is 2.93. The first-order valence-electron chi connectivity index (χ1n) is 6.98. The lowest BCUT2D eigenvalue weighted by Gasteiger charge is -2.12. The van der Waals surface area contributed by atoms with Gasteiger partial charge in [0.25, 0.3) is 0 Å². The van der Waals surface area contributed by atoms with E-state index < -0.39 is 0 Å². The zero-order valence-corrected chi connectivity index (χ0v) is 11.2. The number of amides is 1. The molecule has 0 bridgehead atoms. The van der Waals surface area contributed by atoms with Gasteiger partial charge < -0.3 is 15.7 Å². The van der Waals surface area contributed by atoms with Crippen molar-refractivity contribution in [2.24, 2.45) is 0 Å². The molecule has 0 aromatic heterocycles. The van der Waals surface area contributed by atoms with Gasteiger partial charge >= 0.3 is 0 Å². The van der Waals surface area contributed by atoms with Crippen LogP contribution in [0.3, 0.4) is 0 Å². The van der Waals surface area contributed by atoms with Crippen molar-refractivity contribution < 1.29 is 9.90 Å². The highest BCUT2D eigenvalue weighted by Gasteiger charge is 2.18. The number of nitrogens with one attached hydrogen (secondary N) is 2. The lowest BCUT2D eigenvalue weighted by atomic mass is 10.1. The quantitative estimate of drug-likeness (QED) is 0.803. The Bertz CT molecular complexity index is 633. The van der Waals surface area contributed by atoms with E-state index in [9.17, 15) is 9.90 Å². The highest BCUT2D eigenvalue weighted by atomic mass is 16.3. The molecule has 1 unspecified atom stereocenters. The van der Waals surface area contributed by atoms with Gasteiger partial charge in [-0.2, -0.15) is 0 Å². The molecular formula is C16H18N2O2. The summed E-state index contributed by atoms with van der Waals surface area (Å²) in [5, 5.41) is 17.7. The van der Waals surface area contributed by atoms with Crippen LogP contribution >= 0.6 is 0 Å². The largest absolute Gasteiger partial charge is 0.507 e. The Morgan fingerprint density at radius 2 is 2.05 bits per heavy atom. The first kappa shape index (κ1) is 12.9. The molecule has 1 atom stereocenters. The molecule has 4 heteroatoms. The second kappa shape index (κ2) is 5.51. The number of carbonyl (C=O) groups excluding carboxylic acids is 1. The number of anilines is 1. The number of phenols is 1. The summed E-state index contributed by atoms with van der Waals surface area (Å²) in [4.78, 5) is 12.1. The normalized spacial score (nSPS) is 18.3. The molecule has 2 aromatic rings. The molecule has 0 spiro atoms. The fourth-order valence-electron chi connectivity index (χ4n) is 2.76. The molecule has 1 saturated heterocycles. The molecule has 0 aliphatic carbocycles. The molecule has 104 valence electrons. The minimum absolute atomic E-state index is 0.0141. The van der Waals surface area contributed by atoms with Crippen molar-refractivity contribution in [2.45, 2.75) is 25.3 Å². The summed E-state index contributed by atoms with van der Waals surface area (Å²) in [5.41, 5.74) is 0.751. The van der Waals surface area contributed by atoms with E-state index in [1.807, 2.05) is 24.3 Å². The number of phenolic OH excluding ortho intramolecular Hbond substituents is 1. The molecule has 1 aliphatic heterocycles. The topological polar surface area (TPSA) is 61.4 Å². The van der Waals surface area contributed by atoms with Gasteiger partial charge in [0.2, 0.25) is 5.91 Å². The van der Waals surface area contributed by atoms with Gasteiger partial charge in [-0.15, -0.1) is 0 Å². The first-order chi connectivity index (χ1) is 9.74. The number of hydrogen-bond acceptors (Lipinski definition) is 3. The van der Waals surface area contributed by atoms with E-state index in [4.69, 9.17) is 0 Å². The third-order valence-corrected chi connectivity index (χ3v) is 3.77. The van der Waals surface area contributed by atoms with E-state index in [0.29, 0.717) is 12.5 Å². The van der Waals surface area contributed by atoms with Crippen LogP contribution in [0.4, 0.5) is 5.69 Å². The van der Waals surface area contributed by atoms with Crippen LogP contribution in [0.15, 0.2) is 36.4 Å². The number of aromatic hydroxyl groups is 1. The van der Waals surface area contributed by atoms with Gasteiger partial charge in [-0.05, 0) is 31.5 Å². The molecule has 1 heterocycles. The van der Waals surface area contributed by atoms with Crippen LogP contribution in [0.2, 0.25) is 0 Å².